The summed E-state index contributed by atoms with van der Waals surface area (Å²) in [5, 5.41) is 99.0. The zero-order valence-electron chi connectivity index (χ0n) is 71.5. The van der Waals surface area contributed by atoms with Crippen LogP contribution >= 0.6 is 62.6 Å². The first-order chi connectivity index (χ1) is 67.1. The lowest BCUT2D eigenvalue weighted by atomic mass is 10.1. The van der Waals surface area contributed by atoms with Gasteiger partial charge in [-0.2, -0.15) is 17.2 Å². The van der Waals surface area contributed by atoms with Gasteiger partial charge in [0.05, 0.1) is 52.6 Å². The largest absolute Gasteiger partial charge is 0.481 e. The lowest BCUT2D eigenvalue weighted by Crippen LogP contribution is -2.43. The van der Waals surface area contributed by atoms with Gasteiger partial charge in [0.1, 0.15) is 108 Å². The van der Waals surface area contributed by atoms with Gasteiger partial charge in [0.2, 0.25) is 5.58 Å². The van der Waals surface area contributed by atoms with Gasteiger partial charge in [-0.15, -0.1) is 0 Å². The second-order valence-corrected chi connectivity index (χ2v) is 41.9. The summed E-state index contributed by atoms with van der Waals surface area (Å²) < 4.78 is 210. The molecule has 0 amide bonds. The Kier molecular flexibility index (Phi) is 33.7. The maximum Gasteiger partial charge on any atom is 0.481 e. The number of ether oxygens (including phenoxy) is 4. The van der Waals surface area contributed by atoms with Crippen LogP contribution in [0.3, 0.4) is 0 Å². The number of phosphoric ester groups is 4. The zero-order valence-corrected chi connectivity index (χ0v) is 78.7. The fourth-order valence-corrected chi connectivity index (χ4v) is 20.8. The summed E-state index contributed by atoms with van der Waals surface area (Å²) in [7, 11) is -42.6. The predicted octanol–water partition coefficient (Wildman–Crippen LogP) is -3.09. The molecule has 4 fully saturated rings. The first-order valence-corrected chi connectivity index (χ1v) is 51.9. The van der Waals surface area contributed by atoms with Crippen molar-refractivity contribution in [3.63, 3.8) is 0 Å². The molecule has 784 valence electrons. The van der Waals surface area contributed by atoms with E-state index >= 15 is 0 Å². The van der Waals surface area contributed by atoms with Crippen molar-refractivity contribution in [3.05, 3.63) is 251 Å². The molecule has 4 saturated heterocycles. The van der Waals surface area contributed by atoms with Crippen molar-refractivity contribution in [1.29, 1.82) is 0 Å². The number of aromatic nitrogens is 12. The molecule has 0 saturated carbocycles. The quantitative estimate of drug-likeness (QED) is 0.0186. The third-order valence-electron chi connectivity index (χ3n) is 20.8. The molecular formula is C69H75F3N12O52P8. The van der Waals surface area contributed by atoms with E-state index in [0.29, 0.717) is 35.8 Å². The van der Waals surface area contributed by atoms with Crippen molar-refractivity contribution >= 4 is 106 Å². The Balaban J connectivity index is 0.000000161. The molecule has 20 atom stereocenters. The standard InChI is InChI=1S/C18H21N3O13P2.3C17H18FN3O13P2/c1-9-3-2-4-11-14(9)10(19-33-11)7-21-13(22)5-6-20(18(21)25)17-16(24)15(23)12(32-17)8-31-36(29,30)34-35(26,27)28;18-8-1-2-11-9(5-8)10(19-33-11)6-21-13(22)3-4-20(17(21)25)16-15(24)14(23)12(32-16)7-31-36(29,30)34-35(26,27)28;18-8-1-2-9-10(19-33-11(9)5-8)6-21-13(22)3-4-20(17(21)25)16-15(24)14(23)12(32-16)7-31-36(29,30)34-35(26,27)28;18-9-3-1-2-8-10(19-33-15(8)9)6-21-12(22)4-5-20(17(21)25)16-14(24)13(23)11(32-16)7-31-36(29,30)34-35(26,27)28/h2-6,12,15-17,23-24H,7-8H2,1H3,(H,29,30)(H2,26,27,28);2*1-5,12,14-16,23-24H,6-7H2,(H,29,30)(H2,26,27,28);1-5,11,13-14,16,23-24H,6-7H2,(H,29,30)(H2,26,27,28)/t12-,15+,16?,17-;2*12-,14+,15?,16-;11-,13+,14?,16-/m1111/s1. The van der Waals surface area contributed by atoms with Crippen molar-refractivity contribution in [2.45, 2.75) is 131 Å². The van der Waals surface area contributed by atoms with Gasteiger partial charge in [0.25, 0.3) is 22.2 Å². The molecule has 75 heteroatoms. The van der Waals surface area contributed by atoms with Gasteiger partial charge in [-0.1, -0.05) is 38.8 Å². The molecule has 64 nitrogen and oxygen atoms in total. The molecule has 0 radical (unpaired) electrons. The van der Waals surface area contributed by atoms with Crippen molar-refractivity contribution in [3.8, 4) is 0 Å². The van der Waals surface area contributed by atoms with E-state index < -0.39 is 269 Å². The number of phosphoric acid groups is 8. The molecule has 4 aliphatic rings. The van der Waals surface area contributed by atoms with Crippen molar-refractivity contribution in [2.24, 2.45) is 0 Å². The van der Waals surface area contributed by atoms with Gasteiger partial charge in [-0.3, -0.25) is 73.8 Å². The van der Waals surface area contributed by atoms with Gasteiger partial charge in [0, 0.05) is 76.7 Å². The minimum absolute atomic E-state index is 0.0596. The van der Waals surface area contributed by atoms with Crippen LogP contribution in [0.4, 0.5) is 13.2 Å². The van der Waals surface area contributed by atoms with E-state index in [1.807, 2.05) is 0 Å². The summed E-state index contributed by atoms with van der Waals surface area (Å²) in [6.07, 6.45) is -22.9. The van der Waals surface area contributed by atoms with Crippen LogP contribution in [0.2, 0.25) is 0 Å². The molecule has 4 aliphatic heterocycles. The number of aliphatic hydroxyl groups excluding tert-OH is 8. The Labute approximate surface area is 790 Å². The molecule has 144 heavy (non-hydrogen) atoms. The summed E-state index contributed by atoms with van der Waals surface area (Å²) in [5.74, 6) is -1.89. The lowest BCUT2D eigenvalue weighted by Gasteiger charge is -2.19. The first kappa shape index (κ1) is 111. The minimum Gasteiger partial charge on any atom is -0.387 e. The Morgan fingerprint density at radius 2 is 0.625 bits per heavy atom. The molecule has 20 N–H and O–H groups in total. The van der Waals surface area contributed by atoms with E-state index in [2.05, 4.69) is 56.0 Å². The summed E-state index contributed by atoms with van der Waals surface area (Å²) >= 11 is 0. The molecule has 8 aromatic heterocycles. The number of rotatable bonds is 32. The van der Waals surface area contributed by atoms with E-state index in [-0.39, 0.29) is 51.1 Å². The van der Waals surface area contributed by atoms with Crippen molar-refractivity contribution in [2.75, 3.05) is 26.4 Å². The highest BCUT2D eigenvalue weighted by Crippen LogP contribution is 2.61. The molecule has 0 spiro atoms. The number of halogens is 3. The molecular weight excluding hydrogens is 2130 g/mol. The molecule has 8 unspecified atom stereocenters. The predicted molar refractivity (Wildman–Crippen MR) is 456 cm³/mol. The number of hydrogen-bond acceptors (Lipinski definition) is 44. The van der Waals surface area contributed by atoms with Crippen LogP contribution < -0.4 is 45.0 Å². The van der Waals surface area contributed by atoms with Gasteiger partial charge in [-0.05, 0) is 61.0 Å². The lowest BCUT2D eigenvalue weighted by molar-refractivity contribution is -0.0548. The van der Waals surface area contributed by atoms with Crippen LogP contribution in [0.25, 0.3) is 43.9 Å². The smallest absolute Gasteiger partial charge is 0.387 e. The number of fused-ring (bicyclic) bond motifs is 4. The molecule has 16 rings (SSSR count). The van der Waals surface area contributed by atoms with E-state index in [1.54, 1.807) is 25.1 Å². The number of benzene rings is 4. The second-order valence-electron chi connectivity index (χ2n) is 30.6. The second kappa shape index (κ2) is 43.7. The number of hydrogen-bond donors (Lipinski definition) is 20. The van der Waals surface area contributed by atoms with Gasteiger partial charge < -0.3 is 137 Å². The number of aliphatic hydroxyl groups is 8. The van der Waals surface area contributed by atoms with Crippen molar-refractivity contribution < 1.29 is 222 Å². The molecule has 0 bridgehead atoms. The Hall–Kier alpha value is -10.2. The highest BCUT2D eigenvalue weighted by atomic mass is 31.3. The van der Waals surface area contributed by atoms with E-state index in [1.165, 1.54) is 24.3 Å². The highest BCUT2D eigenvalue weighted by molar-refractivity contribution is 7.62. The monoisotopic (exact) mass is 2210 g/mol. The van der Waals surface area contributed by atoms with Crippen LogP contribution in [0.1, 0.15) is 53.3 Å². The highest BCUT2D eigenvalue weighted by Gasteiger charge is 2.51. The van der Waals surface area contributed by atoms with Gasteiger partial charge >= 0.3 is 85.3 Å². The van der Waals surface area contributed by atoms with E-state index in [0.717, 1.165) is 108 Å². The van der Waals surface area contributed by atoms with Crippen LogP contribution in [0.15, 0.2) is 178 Å². The molecule has 12 heterocycles. The average Bonchev–Trinajstić information content (AvgIpc) is 1.63. The number of para-hydroxylation sites is 1. The Morgan fingerprint density at radius 3 is 0.986 bits per heavy atom. The first-order valence-electron chi connectivity index (χ1n) is 39.8. The van der Waals surface area contributed by atoms with Crippen molar-refractivity contribution in [1.82, 2.24) is 57.2 Å². The fourth-order valence-electron chi connectivity index (χ4n) is 14.4. The van der Waals surface area contributed by atoms with Crippen LogP contribution in [-0.2, 0) is 117 Å². The number of aryl methyl sites for hydroxylation is 1. The maximum atomic E-state index is 13.9. The Bertz CT molecular complexity index is 7620. The zero-order chi connectivity index (χ0) is 106. The van der Waals surface area contributed by atoms with Crippen LogP contribution in [-0.4, -0.2) is 256 Å². The average molecular weight is 2210 g/mol. The summed E-state index contributed by atoms with van der Waals surface area (Å²) in [4.78, 5) is 208. The van der Waals surface area contributed by atoms with Gasteiger partial charge in [-0.25, -0.2) is 68.9 Å². The third-order valence-corrected chi connectivity index (χ3v) is 29.4. The minimum atomic E-state index is -5.40. The SMILES string of the molecule is Cc1cccc2onc(Cn3c(=O)ccn([C@@H]4O[C@H](COP(=O)(O)OP(=O)(O)O)[C@H](O)C4O)c3=O)c12.O=c1ccn([C@@H]2O[C@H](COP(=O)(O)OP(=O)(O)O)[C@H](O)C2O)c(=O)n1Cc1noc2c(F)cccc12.O=c1ccn([C@@H]2O[C@H](COP(=O)(O)OP(=O)(O)O)[C@H](O)C2O)c(=O)n1Cc1noc2cc(F)ccc12.O=c1ccn([C@@H]2O[C@H](COP(=O)(O)OP(=O)(O)O)[C@H](O)C2O)c(=O)n1Cc1noc2ccc(F)cc12. The maximum absolute atomic E-state index is 13.9. The third kappa shape index (κ3) is 26.5. The molecule has 4 aromatic carbocycles. The molecule has 12 aromatic rings. The van der Waals surface area contributed by atoms with E-state index in [4.69, 9.17) is 76.2 Å². The Morgan fingerprint density at radius 1 is 0.326 bits per heavy atom. The van der Waals surface area contributed by atoms with Crippen LogP contribution in [0, 0.1) is 24.4 Å². The van der Waals surface area contributed by atoms with Gasteiger partial charge in [0.15, 0.2) is 47.5 Å². The summed E-state index contributed by atoms with van der Waals surface area (Å²) in [6.45, 7) is -3.64. The summed E-state index contributed by atoms with van der Waals surface area (Å²) in [6, 6.07) is 20.2. The van der Waals surface area contributed by atoms with E-state index in [9.17, 15) is 148 Å². The van der Waals surface area contributed by atoms with Crippen LogP contribution in [0.5, 0.6) is 0 Å². The molecule has 0 aliphatic carbocycles. The summed E-state index contributed by atoms with van der Waals surface area (Å²) in [5.41, 5.74) is -5.07. The topological polar surface area (TPSA) is 932 Å². The fraction of sp³-hybridized carbons (Fsp3) is 0.362. The normalized spacial score (nSPS) is 24.3. The number of nitrogens with zero attached hydrogens (tertiary/aromatic N) is 12.